The molecular formula is C13H15FN2S. The largest absolute Gasteiger partial charge is 0.389 e. The van der Waals surface area contributed by atoms with Crippen molar-refractivity contribution in [3.8, 4) is 11.3 Å². The van der Waals surface area contributed by atoms with E-state index < -0.39 is 0 Å². The monoisotopic (exact) mass is 250 g/mol. The molecule has 0 aliphatic rings. The SMILES string of the molecule is CC(C)(C)c1nc(-c2ccccc2F)c(N)s1. The molecule has 2 nitrogen and oxygen atoms in total. The smallest absolute Gasteiger partial charge is 0.132 e. The number of nitrogens with two attached hydrogens (primary N) is 1. The van der Waals surface area contributed by atoms with Crippen LogP contribution in [-0.4, -0.2) is 4.98 Å². The van der Waals surface area contributed by atoms with Crippen LogP contribution in [0.4, 0.5) is 9.39 Å². The van der Waals surface area contributed by atoms with Crippen molar-refractivity contribution < 1.29 is 4.39 Å². The van der Waals surface area contributed by atoms with E-state index in [1.165, 1.54) is 17.4 Å². The van der Waals surface area contributed by atoms with E-state index in [0.717, 1.165) is 5.01 Å². The number of halogens is 1. The lowest BCUT2D eigenvalue weighted by molar-refractivity contribution is 0.585. The molecule has 0 spiro atoms. The molecule has 0 unspecified atom stereocenters. The first kappa shape index (κ1) is 12.0. The molecule has 0 amide bonds. The van der Waals surface area contributed by atoms with Crippen LogP contribution in [0.5, 0.6) is 0 Å². The third kappa shape index (κ3) is 2.31. The van der Waals surface area contributed by atoms with Crippen LogP contribution in [0.25, 0.3) is 11.3 Å². The van der Waals surface area contributed by atoms with E-state index in [2.05, 4.69) is 25.8 Å². The van der Waals surface area contributed by atoms with Gasteiger partial charge >= 0.3 is 0 Å². The first-order chi connectivity index (χ1) is 7.89. The lowest BCUT2D eigenvalue weighted by atomic mass is 9.98. The first-order valence-corrected chi connectivity index (χ1v) is 6.23. The molecule has 0 fully saturated rings. The summed E-state index contributed by atoms with van der Waals surface area (Å²) in [6, 6.07) is 6.57. The quantitative estimate of drug-likeness (QED) is 0.835. The van der Waals surface area contributed by atoms with Gasteiger partial charge in [0.2, 0.25) is 0 Å². The van der Waals surface area contributed by atoms with Gasteiger partial charge < -0.3 is 5.73 Å². The predicted octanol–water partition coefficient (Wildman–Crippen LogP) is 3.83. The van der Waals surface area contributed by atoms with Crippen molar-refractivity contribution in [3.63, 3.8) is 0 Å². The Balaban J connectivity index is 2.55. The zero-order valence-corrected chi connectivity index (χ0v) is 10.9. The summed E-state index contributed by atoms with van der Waals surface area (Å²) < 4.78 is 13.7. The summed E-state index contributed by atoms with van der Waals surface area (Å²) in [6.07, 6.45) is 0. The highest BCUT2D eigenvalue weighted by Crippen LogP contribution is 2.36. The molecular weight excluding hydrogens is 235 g/mol. The molecule has 17 heavy (non-hydrogen) atoms. The van der Waals surface area contributed by atoms with Gasteiger partial charge in [-0.1, -0.05) is 32.9 Å². The predicted molar refractivity (Wildman–Crippen MR) is 70.6 cm³/mol. The second-order valence-electron chi connectivity index (χ2n) is 4.96. The second-order valence-corrected chi connectivity index (χ2v) is 5.99. The second kappa shape index (κ2) is 4.11. The topological polar surface area (TPSA) is 38.9 Å². The molecule has 90 valence electrons. The fraction of sp³-hybridized carbons (Fsp3) is 0.308. The van der Waals surface area contributed by atoms with Gasteiger partial charge in [-0.05, 0) is 12.1 Å². The van der Waals surface area contributed by atoms with E-state index in [9.17, 15) is 4.39 Å². The number of rotatable bonds is 1. The van der Waals surface area contributed by atoms with Gasteiger partial charge in [-0.3, -0.25) is 0 Å². The molecule has 2 rings (SSSR count). The highest BCUT2D eigenvalue weighted by Gasteiger charge is 2.22. The zero-order chi connectivity index (χ0) is 12.6. The van der Waals surface area contributed by atoms with E-state index in [0.29, 0.717) is 16.3 Å². The average Bonchev–Trinajstić information content (AvgIpc) is 2.61. The number of aromatic nitrogens is 1. The summed E-state index contributed by atoms with van der Waals surface area (Å²) in [5, 5.41) is 1.49. The number of nitrogen functional groups attached to an aromatic ring is 1. The maximum Gasteiger partial charge on any atom is 0.132 e. The molecule has 0 saturated heterocycles. The molecule has 0 atom stereocenters. The molecule has 0 radical (unpaired) electrons. The first-order valence-electron chi connectivity index (χ1n) is 5.41. The van der Waals surface area contributed by atoms with Crippen LogP contribution in [0.3, 0.4) is 0 Å². The van der Waals surface area contributed by atoms with Gasteiger partial charge in [0.15, 0.2) is 0 Å². The Morgan fingerprint density at radius 1 is 1.24 bits per heavy atom. The summed E-state index contributed by atoms with van der Waals surface area (Å²) in [6.45, 7) is 6.20. The Morgan fingerprint density at radius 2 is 1.88 bits per heavy atom. The van der Waals surface area contributed by atoms with E-state index >= 15 is 0 Å². The Morgan fingerprint density at radius 3 is 2.41 bits per heavy atom. The van der Waals surface area contributed by atoms with Gasteiger partial charge in [0.05, 0.1) is 0 Å². The number of benzene rings is 1. The van der Waals surface area contributed by atoms with Crippen molar-refractivity contribution in [2.24, 2.45) is 0 Å². The van der Waals surface area contributed by atoms with Crippen LogP contribution in [0.2, 0.25) is 0 Å². The van der Waals surface area contributed by atoms with Crippen LogP contribution < -0.4 is 5.73 Å². The fourth-order valence-corrected chi connectivity index (χ4v) is 2.40. The molecule has 1 heterocycles. The van der Waals surface area contributed by atoms with E-state index in [1.54, 1.807) is 18.2 Å². The normalized spacial score (nSPS) is 11.8. The molecule has 2 N–H and O–H groups in total. The molecule has 1 aromatic heterocycles. The number of hydrogen-bond donors (Lipinski definition) is 1. The summed E-state index contributed by atoms with van der Waals surface area (Å²) in [7, 11) is 0. The third-order valence-electron chi connectivity index (χ3n) is 2.42. The van der Waals surface area contributed by atoms with Gasteiger partial charge in [-0.15, -0.1) is 11.3 Å². The Kier molecular flexibility index (Phi) is 2.91. The number of anilines is 1. The maximum atomic E-state index is 13.7. The Bertz CT molecular complexity index is 541. The lowest BCUT2D eigenvalue weighted by Gasteiger charge is -2.13. The highest BCUT2D eigenvalue weighted by atomic mass is 32.1. The van der Waals surface area contributed by atoms with Crippen LogP contribution in [0.15, 0.2) is 24.3 Å². The number of nitrogens with zero attached hydrogens (tertiary/aromatic N) is 1. The summed E-state index contributed by atoms with van der Waals surface area (Å²) in [5.41, 5.74) is 6.88. The molecule has 0 aliphatic heterocycles. The fourth-order valence-electron chi connectivity index (χ4n) is 1.50. The number of hydrogen-bond acceptors (Lipinski definition) is 3. The Hall–Kier alpha value is -1.42. The van der Waals surface area contributed by atoms with Gasteiger partial charge in [0, 0.05) is 11.0 Å². The van der Waals surface area contributed by atoms with Crippen molar-refractivity contribution in [3.05, 3.63) is 35.1 Å². The lowest BCUT2D eigenvalue weighted by Crippen LogP contribution is -2.10. The van der Waals surface area contributed by atoms with Crippen LogP contribution >= 0.6 is 11.3 Å². The minimum absolute atomic E-state index is 0.0672. The molecule has 0 saturated carbocycles. The van der Waals surface area contributed by atoms with Gasteiger partial charge in [-0.2, -0.15) is 0 Å². The van der Waals surface area contributed by atoms with Crippen molar-refractivity contribution in [2.45, 2.75) is 26.2 Å². The molecule has 4 heteroatoms. The number of thiazole rings is 1. The molecule has 1 aromatic carbocycles. The maximum absolute atomic E-state index is 13.7. The molecule has 2 aromatic rings. The van der Waals surface area contributed by atoms with Crippen LogP contribution in [0, 0.1) is 5.82 Å². The van der Waals surface area contributed by atoms with Gasteiger partial charge in [-0.25, -0.2) is 9.37 Å². The minimum Gasteiger partial charge on any atom is -0.389 e. The van der Waals surface area contributed by atoms with E-state index in [1.807, 2.05) is 0 Å². The van der Waals surface area contributed by atoms with Crippen molar-refractivity contribution in [2.75, 3.05) is 5.73 Å². The molecule has 0 bridgehead atoms. The third-order valence-corrected chi connectivity index (χ3v) is 3.73. The van der Waals surface area contributed by atoms with Crippen LogP contribution in [0.1, 0.15) is 25.8 Å². The Labute approximate surface area is 104 Å². The standard InChI is InChI=1S/C13H15FN2S/c1-13(2,3)12-16-10(11(15)17-12)8-6-4-5-7-9(8)14/h4-7H,15H2,1-3H3. The van der Waals surface area contributed by atoms with Crippen molar-refractivity contribution >= 4 is 16.3 Å². The summed E-state index contributed by atoms with van der Waals surface area (Å²) in [5.74, 6) is -0.287. The summed E-state index contributed by atoms with van der Waals surface area (Å²) >= 11 is 1.42. The van der Waals surface area contributed by atoms with Crippen LogP contribution in [-0.2, 0) is 5.41 Å². The highest BCUT2D eigenvalue weighted by molar-refractivity contribution is 7.16. The van der Waals surface area contributed by atoms with Gasteiger partial charge in [0.25, 0.3) is 0 Å². The zero-order valence-electron chi connectivity index (χ0n) is 10.1. The van der Waals surface area contributed by atoms with E-state index in [4.69, 9.17) is 5.73 Å². The molecule has 0 aliphatic carbocycles. The summed E-state index contributed by atoms with van der Waals surface area (Å²) in [4.78, 5) is 4.47. The average molecular weight is 250 g/mol. The van der Waals surface area contributed by atoms with Crippen molar-refractivity contribution in [1.82, 2.24) is 4.98 Å². The van der Waals surface area contributed by atoms with Crippen molar-refractivity contribution in [1.29, 1.82) is 0 Å². The minimum atomic E-state index is -0.287. The van der Waals surface area contributed by atoms with Gasteiger partial charge in [0.1, 0.15) is 21.5 Å². The van der Waals surface area contributed by atoms with E-state index in [-0.39, 0.29) is 11.2 Å².